The van der Waals surface area contributed by atoms with Gasteiger partial charge in [0.15, 0.2) is 0 Å². The lowest BCUT2D eigenvalue weighted by Crippen LogP contribution is -2.29. The van der Waals surface area contributed by atoms with Crippen LogP contribution in [0.2, 0.25) is 0 Å². The molecule has 0 radical (unpaired) electrons. The number of hydrogen-bond donors (Lipinski definition) is 1. The highest BCUT2D eigenvalue weighted by atomic mass is 32.1. The first kappa shape index (κ1) is 13.7. The largest absolute Gasteiger partial charge is 0.277 e. The van der Waals surface area contributed by atoms with E-state index in [1.54, 1.807) is 23.5 Å². The van der Waals surface area contributed by atoms with Crippen LogP contribution in [0.25, 0.3) is 0 Å². The molecule has 3 nitrogen and oxygen atoms in total. The number of amides is 1. The quantitative estimate of drug-likeness (QED) is 0.855. The average Bonchev–Trinajstić information content (AvgIpc) is 2.90. The third-order valence-corrected chi connectivity index (χ3v) is 3.68. The standard InChI is InChI=1S/C14H14FNO2S/c1-18-16-14(17)13(9-12-3-2-8-19-12)10-4-6-11(15)7-5-10/h2-8,13H,9H2,1H3,(H,16,17). The summed E-state index contributed by atoms with van der Waals surface area (Å²) in [6.07, 6.45) is 0.568. The second kappa shape index (κ2) is 6.45. The van der Waals surface area contributed by atoms with Crippen molar-refractivity contribution in [1.29, 1.82) is 0 Å². The van der Waals surface area contributed by atoms with Crippen molar-refractivity contribution in [3.8, 4) is 0 Å². The molecule has 1 atom stereocenters. The number of rotatable bonds is 5. The summed E-state index contributed by atoms with van der Waals surface area (Å²) in [6.45, 7) is 0. The lowest BCUT2D eigenvalue weighted by Gasteiger charge is -2.15. The maximum Gasteiger partial charge on any atom is 0.251 e. The number of hydrogen-bond acceptors (Lipinski definition) is 3. The second-order valence-corrected chi connectivity index (χ2v) is 5.09. The van der Waals surface area contributed by atoms with Crippen LogP contribution in [0, 0.1) is 5.82 Å². The average molecular weight is 279 g/mol. The van der Waals surface area contributed by atoms with Crippen LogP contribution in [0.4, 0.5) is 4.39 Å². The molecule has 2 aromatic rings. The molecule has 0 spiro atoms. The van der Waals surface area contributed by atoms with E-state index >= 15 is 0 Å². The summed E-state index contributed by atoms with van der Waals surface area (Å²) in [6, 6.07) is 9.89. The second-order valence-electron chi connectivity index (χ2n) is 4.06. The summed E-state index contributed by atoms with van der Waals surface area (Å²) in [7, 11) is 1.39. The summed E-state index contributed by atoms with van der Waals surface area (Å²) >= 11 is 1.59. The molecule has 0 bridgehead atoms. The fourth-order valence-corrected chi connectivity index (χ4v) is 2.61. The zero-order chi connectivity index (χ0) is 13.7. The van der Waals surface area contributed by atoms with Crippen molar-refractivity contribution in [1.82, 2.24) is 5.48 Å². The first-order valence-corrected chi connectivity index (χ1v) is 6.69. The molecule has 1 amide bonds. The van der Waals surface area contributed by atoms with Crippen molar-refractivity contribution < 1.29 is 14.0 Å². The Kier molecular flexibility index (Phi) is 4.65. The van der Waals surface area contributed by atoms with Gasteiger partial charge in [0.25, 0.3) is 5.91 Å². The van der Waals surface area contributed by atoms with E-state index in [1.165, 1.54) is 19.2 Å². The minimum Gasteiger partial charge on any atom is -0.277 e. The lowest BCUT2D eigenvalue weighted by molar-refractivity contribution is -0.132. The maximum atomic E-state index is 13.0. The molecule has 19 heavy (non-hydrogen) atoms. The molecule has 0 saturated heterocycles. The van der Waals surface area contributed by atoms with E-state index < -0.39 is 0 Å². The predicted octanol–water partition coefficient (Wildman–Crippen LogP) is 2.89. The molecule has 1 aromatic heterocycles. The molecule has 0 aliphatic heterocycles. The number of halogens is 1. The Hall–Kier alpha value is -1.72. The third-order valence-electron chi connectivity index (χ3n) is 2.78. The minimum absolute atomic E-state index is 0.234. The Morgan fingerprint density at radius 3 is 2.68 bits per heavy atom. The summed E-state index contributed by atoms with van der Waals surface area (Å²) in [5, 5.41) is 1.96. The minimum atomic E-state index is -0.390. The molecule has 0 aliphatic rings. The molecule has 1 N–H and O–H groups in total. The highest BCUT2D eigenvalue weighted by Gasteiger charge is 2.21. The Labute approximate surface area is 115 Å². The van der Waals surface area contributed by atoms with Crippen LogP contribution in [-0.4, -0.2) is 13.0 Å². The zero-order valence-corrected chi connectivity index (χ0v) is 11.2. The van der Waals surface area contributed by atoms with Crippen molar-refractivity contribution in [2.24, 2.45) is 0 Å². The molecule has 0 fully saturated rings. The van der Waals surface area contributed by atoms with Crippen LogP contribution in [0.5, 0.6) is 0 Å². The SMILES string of the molecule is CONC(=O)C(Cc1cccs1)c1ccc(F)cc1. The van der Waals surface area contributed by atoms with Crippen molar-refractivity contribution in [2.75, 3.05) is 7.11 Å². The van der Waals surface area contributed by atoms with Crippen molar-refractivity contribution >= 4 is 17.2 Å². The van der Waals surface area contributed by atoms with E-state index in [1.807, 2.05) is 17.5 Å². The molecular formula is C14H14FNO2S. The van der Waals surface area contributed by atoms with Gasteiger partial charge in [-0.05, 0) is 35.6 Å². The van der Waals surface area contributed by atoms with E-state index in [9.17, 15) is 9.18 Å². The van der Waals surface area contributed by atoms with Gasteiger partial charge in [0, 0.05) is 4.88 Å². The number of carbonyl (C=O) groups excluding carboxylic acids is 1. The molecule has 0 aliphatic carbocycles. The van der Waals surface area contributed by atoms with E-state index in [-0.39, 0.29) is 17.6 Å². The first-order valence-electron chi connectivity index (χ1n) is 5.81. The van der Waals surface area contributed by atoms with Gasteiger partial charge in [0.05, 0.1) is 13.0 Å². The molecule has 0 saturated carbocycles. The first-order chi connectivity index (χ1) is 9.20. The van der Waals surface area contributed by atoms with Gasteiger partial charge >= 0.3 is 0 Å². The highest BCUT2D eigenvalue weighted by Crippen LogP contribution is 2.24. The normalized spacial score (nSPS) is 12.1. The fourth-order valence-electron chi connectivity index (χ4n) is 1.86. The lowest BCUT2D eigenvalue weighted by atomic mass is 9.94. The monoisotopic (exact) mass is 279 g/mol. The number of carbonyl (C=O) groups is 1. The van der Waals surface area contributed by atoms with Gasteiger partial charge < -0.3 is 0 Å². The number of nitrogens with one attached hydrogen (secondary N) is 1. The van der Waals surface area contributed by atoms with Gasteiger partial charge in [-0.15, -0.1) is 11.3 Å². The van der Waals surface area contributed by atoms with Gasteiger partial charge in [-0.25, -0.2) is 9.87 Å². The third kappa shape index (κ3) is 3.62. The van der Waals surface area contributed by atoms with E-state index in [0.717, 1.165) is 10.4 Å². The summed E-state index contributed by atoms with van der Waals surface area (Å²) in [4.78, 5) is 17.8. The van der Waals surface area contributed by atoms with Gasteiger partial charge in [-0.1, -0.05) is 18.2 Å². The fraction of sp³-hybridized carbons (Fsp3) is 0.214. The van der Waals surface area contributed by atoms with Crippen molar-refractivity contribution in [3.05, 3.63) is 58.0 Å². The molecular weight excluding hydrogens is 265 g/mol. The maximum absolute atomic E-state index is 13.0. The zero-order valence-electron chi connectivity index (χ0n) is 10.4. The molecule has 1 unspecified atom stereocenters. The number of benzene rings is 1. The molecule has 100 valence electrons. The van der Waals surface area contributed by atoms with E-state index in [4.69, 9.17) is 0 Å². The number of thiophene rings is 1. The van der Waals surface area contributed by atoms with Gasteiger partial charge in [0.1, 0.15) is 5.82 Å². The van der Waals surface area contributed by atoms with E-state index in [2.05, 4.69) is 10.3 Å². The van der Waals surface area contributed by atoms with Crippen LogP contribution in [0.3, 0.4) is 0 Å². The Balaban J connectivity index is 2.23. The van der Waals surface area contributed by atoms with Crippen molar-refractivity contribution in [3.63, 3.8) is 0 Å². The molecule has 2 rings (SSSR count). The summed E-state index contributed by atoms with van der Waals surface area (Å²) in [5.41, 5.74) is 3.11. The molecule has 1 heterocycles. The Morgan fingerprint density at radius 1 is 1.37 bits per heavy atom. The van der Waals surface area contributed by atoms with E-state index in [0.29, 0.717) is 6.42 Å². The van der Waals surface area contributed by atoms with Crippen LogP contribution >= 0.6 is 11.3 Å². The van der Waals surface area contributed by atoms with Crippen LogP contribution < -0.4 is 5.48 Å². The predicted molar refractivity (Wildman–Crippen MR) is 72.3 cm³/mol. The van der Waals surface area contributed by atoms with Gasteiger partial charge in [0.2, 0.25) is 0 Å². The summed E-state index contributed by atoms with van der Waals surface area (Å²) < 4.78 is 13.0. The van der Waals surface area contributed by atoms with Gasteiger partial charge in [-0.3, -0.25) is 9.63 Å². The molecule has 5 heteroatoms. The van der Waals surface area contributed by atoms with Gasteiger partial charge in [-0.2, -0.15) is 0 Å². The Morgan fingerprint density at radius 2 is 2.11 bits per heavy atom. The Bertz CT molecular complexity index is 525. The highest BCUT2D eigenvalue weighted by molar-refractivity contribution is 7.09. The van der Waals surface area contributed by atoms with Crippen LogP contribution in [0.15, 0.2) is 41.8 Å². The molecule has 1 aromatic carbocycles. The number of hydroxylamine groups is 1. The van der Waals surface area contributed by atoms with Crippen LogP contribution in [-0.2, 0) is 16.1 Å². The topological polar surface area (TPSA) is 38.3 Å². The van der Waals surface area contributed by atoms with Crippen LogP contribution in [0.1, 0.15) is 16.4 Å². The smallest absolute Gasteiger partial charge is 0.251 e. The van der Waals surface area contributed by atoms with Crippen molar-refractivity contribution in [2.45, 2.75) is 12.3 Å². The summed E-state index contributed by atoms with van der Waals surface area (Å²) in [5.74, 6) is -0.938.